The van der Waals surface area contributed by atoms with Crippen LogP contribution in [0.4, 0.5) is 10.1 Å². The van der Waals surface area contributed by atoms with Crippen molar-refractivity contribution < 1.29 is 4.39 Å². The van der Waals surface area contributed by atoms with E-state index in [-0.39, 0.29) is 5.82 Å². The average molecular weight is 241 g/mol. The van der Waals surface area contributed by atoms with Crippen LogP contribution >= 0.6 is 0 Å². The fourth-order valence-electron chi connectivity index (χ4n) is 1.65. The van der Waals surface area contributed by atoms with Crippen molar-refractivity contribution in [2.75, 3.05) is 11.9 Å². The van der Waals surface area contributed by atoms with Crippen LogP contribution in [0, 0.1) is 17.1 Å². The highest BCUT2D eigenvalue weighted by Gasteiger charge is 2.06. The van der Waals surface area contributed by atoms with Crippen LogP contribution in [0.1, 0.15) is 11.3 Å². The van der Waals surface area contributed by atoms with Crippen LogP contribution in [0.2, 0.25) is 0 Å². The summed E-state index contributed by atoms with van der Waals surface area (Å²) >= 11 is 0. The van der Waals surface area contributed by atoms with Crippen LogP contribution in [0.25, 0.3) is 0 Å². The summed E-state index contributed by atoms with van der Waals surface area (Å²) in [6.07, 6.45) is 1.61. The number of halogens is 1. The van der Waals surface area contributed by atoms with Crippen LogP contribution in [0.5, 0.6) is 0 Å². The fourth-order valence-corrected chi connectivity index (χ4v) is 1.65. The molecule has 2 rings (SSSR count). The molecule has 18 heavy (non-hydrogen) atoms. The zero-order valence-electron chi connectivity index (χ0n) is 9.97. The van der Waals surface area contributed by atoms with Crippen LogP contribution < -0.4 is 4.90 Å². The minimum atomic E-state index is -0.217. The van der Waals surface area contributed by atoms with Crippen molar-refractivity contribution in [1.82, 2.24) is 4.98 Å². The van der Waals surface area contributed by atoms with Gasteiger partial charge >= 0.3 is 0 Å². The molecule has 0 fully saturated rings. The first-order valence-electron chi connectivity index (χ1n) is 5.51. The lowest BCUT2D eigenvalue weighted by atomic mass is 10.2. The number of anilines is 1. The topological polar surface area (TPSA) is 39.9 Å². The van der Waals surface area contributed by atoms with E-state index in [9.17, 15) is 4.39 Å². The quantitative estimate of drug-likeness (QED) is 0.829. The van der Waals surface area contributed by atoms with E-state index >= 15 is 0 Å². The first-order chi connectivity index (χ1) is 8.70. The summed E-state index contributed by atoms with van der Waals surface area (Å²) in [6.45, 7) is 0.459. The minimum Gasteiger partial charge on any atom is -0.369 e. The summed E-state index contributed by atoms with van der Waals surface area (Å²) in [5.41, 5.74) is 1.85. The lowest BCUT2D eigenvalue weighted by Crippen LogP contribution is -2.17. The summed E-state index contributed by atoms with van der Waals surface area (Å²) in [5.74, 6) is -0.217. The number of nitrogens with zero attached hydrogens (tertiary/aromatic N) is 3. The Morgan fingerprint density at radius 2 is 2.06 bits per heavy atom. The molecule has 1 aromatic heterocycles. The van der Waals surface area contributed by atoms with Gasteiger partial charge in [0.15, 0.2) is 0 Å². The van der Waals surface area contributed by atoms with Crippen LogP contribution in [-0.2, 0) is 6.54 Å². The maximum absolute atomic E-state index is 13.5. The Balaban J connectivity index is 2.15. The Morgan fingerprint density at radius 1 is 1.28 bits per heavy atom. The van der Waals surface area contributed by atoms with Crippen molar-refractivity contribution in [2.45, 2.75) is 6.54 Å². The van der Waals surface area contributed by atoms with Gasteiger partial charge in [0, 0.05) is 19.2 Å². The molecule has 0 aliphatic carbocycles. The van der Waals surface area contributed by atoms with Crippen molar-refractivity contribution in [3.8, 4) is 6.07 Å². The molecule has 0 N–H and O–H groups in total. The van der Waals surface area contributed by atoms with Gasteiger partial charge in [-0.05, 0) is 18.2 Å². The van der Waals surface area contributed by atoms with E-state index in [4.69, 9.17) is 5.26 Å². The number of hydrogen-bond donors (Lipinski definition) is 0. The molecule has 0 saturated heterocycles. The molecule has 1 aromatic carbocycles. The summed E-state index contributed by atoms with van der Waals surface area (Å²) in [7, 11) is 1.86. The third-order valence-electron chi connectivity index (χ3n) is 2.67. The molecular weight excluding hydrogens is 229 g/mol. The molecule has 2 aromatic rings. The normalized spacial score (nSPS) is 9.83. The van der Waals surface area contributed by atoms with Gasteiger partial charge in [0.1, 0.15) is 17.6 Å². The van der Waals surface area contributed by atoms with E-state index in [0.29, 0.717) is 17.8 Å². The molecule has 0 radical (unpaired) electrons. The second kappa shape index (κ2) is 5.28. The first kappa shape index (κ1) is 12.1. The molecule has 90 valence electrons. The van der Waals surface area contributed by atoms with Crippen molar-refractivity contribution in [3.63, 3.8) is 0 Å². The Kier molecular flexibility index (Phi) is 3.54. The van der Waals surface area contributed by atoms with Gasteiger partial charge in [-0.2, -0.15) is 5.26 Å². The minimum absolute atomic E-state index is 0.217. The zero-order valence-corrected chi connectivity index (χ0v) is 9.97. The molecule has 1 heterocycles. The number of hydrogen-bond acceptors (Lipinski definition) is 3. The van der Waals surface area contributed by atoms with Gasteiger partial charge in [0.05, 0.1) is 11.9 Å². The maximum atomic E-state index is 13.5. The predicted molar refractivity (Wildman–Crippen MR) is 67.5 cm³/mol. The smallest absolute Gasteiger partial charge is 0.140 e. The summed E-state index contributed by atoms with van der Waals surface area (Å²) in [4.78, 5) is 5.87. The lowest BCUT2D eigenvalue weighted by molar-refractivity contribution is 0.608. The summed E-state index contributed by atoms with van der Waals surface area (Å²) < 4.78 is 13.5. The van der Waals surface area contributed by atoms with E-state index in [1.165, 1.54) is 6.07 Å². The average Bonchev–Trinajstić information content (AvgIpc) is 2.41. The lowest BCUT2D eigenvalue weighted by Gasteiger charge is -2.19. The van der Waals surface area contributed by atoms with Crippen molar-refractivity contribution >= 4 is 5.69 Å². The summed E-state index contributed by atoms with van der Waals surface area (Å²) in [5, 5.41) is 8.66. The van der Waals surface area contributed by atoms with E-state index in [2.05, 4.69) is 4.98 Å². The van der Waals surface area contributed by atoms with Gasteiger partial charge in [0.25, 0.3) is 0 Å². The highest BCUT2D eigenvalue weighted by Crippen LogP contribution is 2.16. The molecule has 0 spiro atoms. The van der Waals surface area contributed by atoms with Gasteiger partial charge in [-0.25, -0.2) is 9.37 Å². The highest BCUT2D eigenvalue weighted by atomic mass is 19.1. The second-order valence-electron chi connectivity index (χ2n) is 3.96. The standard InChI is InChI=1S/C14H12FN3/c1-18(10-11-4-2-3-5-14(11)15)13-7-6-12(8-16)17-9-13/h2-7,9H,10H2,1H3. The van der Waals surface area contributed by atoms with E-state index in [1.54, 1.807) is 30.5 Å². The van der Waals surface area contributed by atoms with Gasteiger partial charge in [-0.1, -0.05) is 18.2 Å². The van der Waals surface area contributed by atoms with Gasteiger partial charge in [-0.3, -0.25) is 0 Å². The third kappa shape index (κ3) is 2.64. The van der Waals surface area contributed by atoms with Gasteiger partial charge < -0.3 is 4.90 Å². The number of nitriles is 1. The van der Waals surface area contributed by atoms with Crippen molar-refractivity contribution in [1.29, 1.82) is 5.26 Å². The maximum Gasteiger partial charge on any atom is 0.140 e. The SMILES string of the molecule is CN(Cc1ccccc1F)c1ccc(C#N)nc1. The van der Waals surface area contributed by atoms with Gasteiger partial charge in [-0.15, -0.1) is 0 Å². The molecule has 3 nitrogen and oxygen atoms in total. The van der Waals surface area contributed by atoms with E-state index < -0.39 is 0 Å². The number of pyridine rings is 1. The molecular formula is C14H12FN3. The summed E-state index contributed by atoms with van der Waals surface area (Å²) in [6, 6.07) is 12.1. The van der Waals surface area contributed by atoms with Crippen molar-refractivity contribution in [3.05, 3.63) is 59.7 Å². The fraction of sp³-hybridized carbons (Fsp3) is 0.143. The van der Waals surface area contributed by atoms with E-state index in [1.807, 2.05) is 24.1 Å². The second-order valence-corrected chi connectivity index (χ2v) is 3.96. The number of aromatic nitrogens is 1. The molecule has 0 aliphatic heterocycles. The highest BCUT2D eigenvalue weighted by molar-refractivity contribution is 5.45. The zero-order chi connectivity index (χ0) is 13.0. The third-order valence-corrected chi connectivity index (χ3v) is 2.67. The molecule has 0 aliphatic rings. The Hall–Kier alpha value is -2.41. The molecule has 4 heteroatoms. The largest absolute Gasteiger partial charge is 0.369 e. The van der Waals surface area contributed by atoms with Crippen LogP contribution in [0.3, 0.4) is 0 Å². The number of rotatable bonds is 3. The first-order valence-corrected chi connectivity index (χ1v) is 5.51. The van der Waals surface area contributed by atoms with E-state index in [0.717, 1.165) is 5.69 Å². The monoisotopic (exact) mass is 241 g/mol. The Bertz CT molecular complexity index is 572. The molecule has 0 unspecified atom stereocenters. The molecule has 0 amide bonds. The van der Waals surface area contributed by atoms with Crippen LogP contribution in [0.15, 0.2) is 42.6 Å². The number of benzene rings is 1. The van der Waals surface area contributed by atoms with Gasteiger partial charge in [0.2, 0.25) is 0 Å². The Morgan fingerprint density at radius 3 is 2.67 bits per heavy atom. The van der Waals surface area contributed by atoms with Crippen molar-refractivity contribution in [2.24, 2.45) is 0 Å². The molecule has 0 saturated carbocycles. The molecule has 0 bridgehead atoms. The van der Waals surface area contributed by atoms with Crippen LogP contribution in [-0.4, -0.2) is 12.0 Å². The molecule has 0 atom stereocenters. The Labute approximate surface area is 105 Å². The predicted octanol–water partition coefficient (Wildman–Crippen LogP) is 2.73.